The average molecular weight is 821 g/mol. The van der Waals surface area contributed by atoms with Crippen molar-refractivity contribution in [3.63, 3.8) is 0 Å². The summed E-state index contributed by atoms with van der Waals surface area (Å²) in [5.41, 5.74) is 13.1. The molecule has 0 aliphatic heterocycles. The smallest absolute Gasteiger partial charge is 0.164 e. The van der Waals surface area contributed by atoms with E-state index in [4.69, 9.17) is 19.9 Å². The summed E-state index contributed by atoms with van der Waals surface area (Å²) >= 11 is 1.88. The minimum atomic E-state index is 0.647. The number of aromatic nitrogens is 4. The van der Waals surface area contributed by atoms with E-state index in [9.17, 15) is 0 Å². The molecule has 63 heavy (non-hydrogen) atoms. The Morgan fingerprint density at radius 1 is 0.270 bits per heavy atom. The van der Waals surface area contributed by atoms with E-state index < -0.39 is 0 Å². The molecule has 0 radical (unpaired) electrons. The van der Waals surface area contributed by atoms with Crippen LogP contribution in [0, 0.1) is 0 Å². The van der Waals surface area contributed by atoms with Gasteiger partial charge in [-0.1, -0.05) is 206 Å². The van der Waals surface area contributed by atoms with Crippen molar-refractivity contribution in [3.05, 3.63) is 218 Å². The molecular weight excluding hydrogens is 785 g/mol. The summed E-state index contributed by atoms with van der Waals surface area (Å²) < 4.78 is 2.58. The van der Waals surface area contributed by atoms with E-state index in [1.54, 1.807) is 0 Å². The molecule has 0 saturated carbocycles. The Morgan fingerprint density at radius 3 is 1.27 bits per heavy atom. The van der Waals surface area contributed by atoms with E-state index in [-0.39, 0.29) is 0 Å². The molecule has 0 atom stereocenters. The van der Waals surface area contributed by atoms with Crippen molar-refractivity contribution in [2.24, 2.45) is 0 Å². The van der Waals surface area contributed by atoms with Crippen LogP contribution in [0.3, 0.4) is 0 Å². The third-order valence-corrected chi connectivity index (χ3v) is 13.2. The van der Waals surface area contributed by atoms with Crippen LogP contribution in [0.4, 0.5) is 0 Å². The molecule has 294 valence electrons. The van der Waals surface area contributed by atoms with E-state index in [1.165, 1.54) is 58.6 Å². The lowest BCUT2D eigenvalue weighted by molar-refractivity contribution is 1.07. The molecule has 9 aromatic carbocycles. The molecule has 3 heterocycles. The lowest BCUT2D eigenvalue weighted by atomic mass is 9.95. The molecule has 0 spiro atoms. The molecule has 0 aliphatic rings. The van der Waals surface area contributed by atoms with Crippen LogP contribution in [0.5, 0.6) is 0 Å². The van der Waals surface area contributed by atoms with Crippen molar-refractivity contribution >= 4 is 53.2 Å². The second kappa shape index (κ2) is 15.4. The van der Waals surface area contributed by atoms with Gasteiger partial charge in [-0.3, -0.25) is 0 Å². The fraction of sp³-hybridized carbons (Fsp3) is 0. The minimum absolute atomic E-state index is 0.647. The maximum Gasteiger partial charge on any atom is 0.164 e. The highest BCUT2D eigenvalue weighted by Crippen LogP contribution is 2.46. The van der Waals surface area contributed by atoms with Crippen molar-refractivity contribution in [1.29, 1.82) is 0 Å². The van der Waals surface area contributed by atoms with Gasteiger partial charge in [0, 0.05) is 58.6 Å². The molecule has 0 aliphatic carbocycles. The summed E-state index contributed by atoms with van der Waals surface area (Å²) in [6.07, 6.45) is 0. The number of para-hydroxylation sites is 1. The molecule has 0 saturated heterocycles. The fourth-order valence-corrected chi connectivity index (χ4v) is 10.1. The number of rotatable bonds is 7. The molecule has 12 rings (SSSR count). The van der Waals surface area contributed by atoms with Crippen LogP contribution in [0.15, 0.2) is 218 Å². The van der Waals surface area contributed by atoms with Crippen molar-refractivity contribution in [3.8, 4) is 78.8 Å². The Morgan fingerprint density at radius 2 is 0.714 bits per heavy atom. The predicted octanol–water partition coefficient (Wildman–Crippen LogP) is 15.6. The predicted molar refractivity (Wildman–Crippen MR) is 264 cm³/mol. The second-order valence-corrected chi connectivity index (χ2v) is 16.8. The van der Waals surface area contributed by atoms with Crippen LogP contribution < -0.4 is 0 Å². The highest BCUT2D eigenvalue weighted by atomic mass is 32.1. The summed E-state index contributed by atoms with van der Waals surface area (Å²) in [7, 11) is 0. The summed E-state index contributed by atoms with van der Waals surface area (Å²) in [5, 5.41) is 6.22. The highest BCUT2D eigenvalue weighted by molar-refractivity contribution is 7.26. The van der Waals surface area contributed by atoms with Gasteiger partial charge < -0.3 is 0 Å². The van der Waals surface area contributed by atoms with Crippen LogP contribution in [0.2, 0.25) is 0 Å². The molecule has 0 N–H and O–H groups in total. The molecule has 0 bridgehead atoms. The topological polar surface area (TPSA) is 51.6 Å². The van der Waals surface area contributed by atoms with Crippen molar-refractivity contribution < 1.29 is 0 Å². The molecule has 0 amide bonds. The van der Waals surface area contributed by atoms with E-state index in [2.05, 4.69) is 158 Å². The van der Waals surface area contributed by atoms with E-state index in [1.807, 2.05) is 72.0 Å². The first-order valence-electron chi connectivity index (χ1n) is 21.1. The van der Waals surface area contributed by atoms with Gasteiger partial charge in [-0.25, -0.2) is 19.9 Å². The number of thiophene rings is 1. The third-order valence-electron chi connectivity index (χ3n) is 12.0. The molecule has 0 fully saturated rings. The SMILES string of the molecule is c1ccc(-c2nc(-c3ccccc3)nc(-c3ccc(-c4ccc(-c5ccc(-c6cccc7c6sc6ccc8c(-c9ccccc9)nc9ccccc9c8c67)cc5)cc4)cc3)n2)cc1. The summed E-state index contributed by atoms with van der Waals surface area (Å²) in [5.74, 6) is 1.96. The number of benzene rings is 9. The van der Waals surface area contributed by atoms with Gasteiger partial charge >= 0.3 is 0 Å². The lowest BCUT2D eigenvalue weighted by Crippen LogP contribution is -2.00. The molecular formula is C58H36N4S. The first kappa shape index (κ1) is 36.7. The zero-order valence-electron chi connectivity index (χ0n) is 34.0. The number of pyridine rings is 1. The van der Waals surface area contributed by atoms with E-state index >= 15 is 0 Å². The summed E-state index contributed by atoms with van der Waals surface area (Å²) in [6.45, 7) is 0. The minimum Gasteiger partial charge on any atom is -0.247 e. The van der Waals surface area contributed by atoms with E-state index in [0.29, 0.717) is 17.5 Å². The third kappa shape index (κ3) is 6.63. The Bertz CT molecular complexity index is 3570. The lowest BCUT2D eigenvalue weighted by Gasteiger charge is -2.11. The van der Waals surface area contributed by atoms with Crippen LogP contribution in [0.25, 0.3) is 121 Å². The van der Waals surface area contributed by atoms with Gasteiger partial charge in [-0.15, -0.1) is 11.3 Å². The highest BCUT2D eigenvalue weighted by Gasteiger charge is 2.18. The monoisotopic (exact) mass is 820 g/mol. The summed E-state index contributed by atoms with van der Waals surface area (Å²) in [4.78, 5) is 19.9. The van der Waals surface area contributed by atoms with Crippen LogP contribution in [-0.2, 0) is 0 Å². The normalized spacial score (nSPS) is 11.5. The molecule has 0 unspecified atom stereocenters. The molecule has 3 aromatic heterocycles. The molecule has 5 heteroatoms. The van der Waals surface area contributed by atoms with Crippen molar-refractivity contribution in [2.45, 2.75) is 0 Å². The van der Waals surface area contributed by atoms with Crippen molar-refractivity contribution in [1.82, 2.24) is 19.9 Å². The number of hydrogen-bond donors (Lipinski definition) is 0. The number of fused-ring (bicyclic) bond motifs is 7. The Kier molecular flexibility index (Phi) is 8.98. The summed E-state index contributed by atoms with van der Waals surface area (Å²) in [6, 6.07) is 76.9. The van der Waals surface area contributed by atoms with Gasteiger partial charge in [-0.05, 0) is 45.5 Å². The fourth-order valence-electron chi connectivity index (χ4n) is 8.82. The van der Waals surface area contributed by atoms with E-state index in [0.717, 1.165) is 44.6 Å². The first-order valence-corrected chi connectivity index (χ1v) is 21.9. The maximum absolute atomic E-state index is 5.20. The quantitative estimate of drug-likeness (QED) is 0.150. The van der Waals surface area contributed by atoms with Gasteiger partial charge in [0.1, 0.15) is 0 Å². The number of hydrogen-bond acceptors (Lipinski definition) is 5. The van der Waals surface area contributed by atoms with Crippen LogP contribution in [-0.4, -0.2) is 19.9 Å². The Hall–Kier alpha value is -8.12. The zero-order valence-corrected chi connectivity index (χ0v) is 34.8. The average Bonchev–Trinajstić information content (AvgIpc) is 3.76. The van der Waals surface area contributed by atoms with Gasteiger partial charge in [0.25, 0.3) is 0 Å². The van der Waals surface area contributed by atoms with Crippen molar-refractivity contribution in [2.75, 3.05) is 0 Å². The van der Waals surface area contributed by atoms with Gasteiger partial charge in [-0.2, -0.15) is 0 Å². The van der Waals surface area contributed by atoms with Gasteiger partial charge in [0.05, 0.1) is 11.2 Å². The van der Waals surface area contributed by atoms with Crippen LogP contribution >= 0.6 is 11.3 Å². The van der Waals surface area contributed by atoms with Gasteiger partial charge in [0.15, 0.2) is 17.5 Å². The molecule has 12 aromatic rings. The number of nitrogens with zero attached hydrogens (tertiary/aromatic N) is 4. The largest absolute Gasteiger partial charge is 0.247 e. The second-order valence-electron chi connectivity index (χ2n) is 15.8. The van der Waals surface area contributed by atoms with Crippen LogP contribution in [0.1, 0.15) is 0 Å². The Labute approximate surface area is 368 Å². The first-order chi connectivity index (χ1) is 31.2. The standard InChI is InChI=1S/C58H36N4S/c1-4-13-42(14-5-1)54-48-35-36-51-53(52(48)47-19-10-11-22-50(47)59-54)49-21-12-20-46(55(49)63-51)41-31-27-39(28-32-41)37-23-25-38(26-24-37)40-29-33-45(34-30-40)58-61-56(43-15-6-2-7-16-43)60-57(62-58)44-17-8-3-9-18-44/h1-36H. The van der Waals surface area contributed by atoms with Gasteiger partial charge in [0.2, 0.25) is 0 Å². The molecule has 4 nitrogen and oxygen atoms in total. The zero-order chi connectivity index (χ0) is 41.7. The Balaban J connectivity index is 0.845. The maximum atomic E-state index is 5.20.